The van der Waals surface area contributed by atoms with Crippen LogP contribution in [0.1, 0.15) is 11.7 Å². The van der Waals surface area contributed by atoms with Gasteiger partial charge in [0, 0.05) is 0 Å². The topological polar surface area (TPSA) is 57.5 Å². The first-order valence-corrected chi connectivity index (χ1v) is 5.18. The van der Waals surface area contributed by atoms with Gasteiger partial charge in [-0.3, -0.25) is 0 Å². The second kappa shape index (κ2) is 4.39. The standard InChI is InChI=1S/C14H12O3/c1-9(14(16)17)13(15)12-7-6-10-4-2-3-5-11(10)8-12/h2-8,13,15H,1H2,(H,16,17). The van der Waals surface area contributed by atoms with Crippen molar-refractivity contribution in [3.05, 3.63) is 60.2 Å². The van der Waals surface area contributed by atoms with Gasteiger partial charge < -0.3 is 10.2 Å². The van der Waals surface area contributed by atoms with E-state index in [1.54, 1.807) is 12.1 Å². The third kappa shape index (κ3) is 2.19. The lowest BCUT2D eigenvalue weighted by atomic mass is 9.99. The third-order valence-corrected chi connectivity index (χ3v) is 2.69. The molecule has 0 aromatic heterocycles. The van der Waals surface area contributed by atoms with E-state index in [1.807, 2.05) is 30.3 Å². The molecular formula is C14H12O3. The second-order valence-electron chi connectivity index (χ2n) is 3.84. The monoisotopic (exact) mass is 228 g/mol. The van der Waals surface area contributed by atoms with Gasteiger partial charge in [-0.25, -0.2) is 4.79 Å². The highest BCUT2D eigenvalue weighted by molar-refractivity contribution is 5.88. The fraction of sp³-hybridized carbons (Fsp3) is 0.0714. The Morgan fingerprint density at radius 3 is 2.41 bits per heavy atom. The zero-order chi connectivity index (χ0) is 12.4. The average molecular weight is 228 g/mol. The molecule has 86 valence electrons. The predicted molar refractivity (Wildman–Crippen MR) is 65.7 cm³/mol. The first kappa shape index (κ1) is 11.4. The van der Waals surface area contributed by atoms with E-state index in [1.165, 1.54) is 0 Å². The van der Waals surface area contributed by atoms with Crippen molar-refractivity contribution in [3.8, 4) is 0 Å². The molecule has 17 heavy (non-hydrogen) atoms. The zero-order valence-corrected chi connectivity index (χ0v) is 9.13. The van der Waals surface area contributed by atoms with Crippen LogP contribution < -0.4 is 0 Å². The first-order valence-electron chi connectivity index (χ1n) is 5.18. The fourth-order valence-corrected chi connectivity index (χ4v) is 1.70. The van der Waals surface area contributed by atoms with E-state index in [0.29, 0.717) is 5.56 Å². The minimum atomic E-state index is -1.19. The largest absolute Gasteiger partial charge is 0.478 e. The van der Waals surface area contributed by atoms with E-state index in [9.17, 15) is 9.90 Å². The Hall–Kier alpha value is -2.13. The maximum atomic E-state index is 10.7. The molecule has 0 amide bonds. The van der Waals surface area contributed by atoms with Gasteiger partial charge in [0.2, 0.25) is 0 Å². The van der Waals surface area contributed by atoms with E-state index in [4.69, 9.17) is 5.11 Å². The Morgan fingerprint density at radius 2 is 1.76 bits per heavy atom. The van der Waals surface area contributed by atoms with Gasteiger partial charge in [-0.15, -0.1) is 0 Å². The maximum Gasteiger partial charge on any atom is 0.333 e. The van der Waals surface area contributed by atoms with Gasteiger partial charge in [-0.1, -0.05) is 43.0 Å². The van der Waals surface area contributed by atoms with Crippen molar-refractivity contribution in [3.63, 3.8) is 0 Å². The second-order valence-corrected chi connectivity index (χ2v) is 3.84. The van der Waals surface area contributed by atoms with Crippen LogP contribution in [-0.2, 0) is 4.79 Å². The smallest absolute Gasteiger partial charge is 0.333 e. The molecule has 0 heterocycles. The van der Waals surface area contributed by atoms with Crippen LogP contribution in [0.25, 0.3) is 10.8 Å². The lowest BCUT2D eigenvalue weighted by Crippen LogP contribution is -2.09. The summed E-state index contributed by atoms with van der Waals surface area (Å²) in [5.41, 5.74) is 0.316. The molecular weight excluding hydrogens is 216 g/mol. The first-order chi connectivity index (χ1) is 8.09. The minimum Gasteiger partial charge on any atom is -0.478 e. The van der Waals surface area contributed by atoms with Crippen LogP contribution in [0.4, 0.5) is 0 Å². The summed E-state index contributed by atoms with van der Waals surface area (Å²) < 4.78 is 0. The fourth-order valence-electron chi connectivity index (χ4n) is 1.70. The highest BCUT2D eigenvalue weighted by Crippen LogP contribution is 2.24. The van der Waals surface area contributed by atoms with Crippen molar-refractivity contribution in [2.24, 2.45) is 0 Å². The lowest BCUT2D eigenvalue weighted by molar-refractivity contribution is -0.133. The van der Waals surface area contributed by atoms with Gasteiger partial charge >= 0.3 is 5.97 Å². The summed E-state index contributed by atoms with van der Waals surface area (Å²) in [6.07, 6.45) is -1.17. The molecule has 0 saturated heterocycles. The number of rotatable bonds is 3. The van der Waals surface area contributed by atoms with Gasteiger partial charge in [0.05, 0.1) is 5.57 Å². The summed E-state index contributed by atoms with van der Waals surface area (Å²) in [6, 6.07) is 13.0. The molecule has 0 radical (unpaired) electrons. The van der Waals surface area contributed by atoms with E-state index in [-0.39, 0.29) is 5.57 Å². The number of aliphatic carboxylic acids is 1. The SMILES string of the molecule is C=C(C(=O)O)C(O)c1ccc2ccccc2c1. The molecule has 1 unspecified atom stereocenters. The Morgan fingerprint density at radius 1 is 1.12 bits per heavy atom. The third-order valence-electron chi connectivity index (χ3n) is 2.69. The quantitative estimate of drug-likeness (QED) is 0.793. The molecule has 0 aliphatic heterocycles. The van der Waals surface area contributed by atoms with Crippen LogP contribution in [0, 0.1) is 0 Å². The van der Waals surface area contributed by atoms with Gasteiger partial charge in [0.25, 0.3) is 0 Å². The number of hydrogen-bond donors (Lipinski definition) is 2. The van der Waals surface area contributed by atoms with Crippen LogP contribution in [0.5, 0.6) is 0 Å². The average Bonchev–Trinajstić information content (AvgIpc) is 2.36. The van der Waals surface area contributed by atoms with Crippen LogP contribution in [0.3, 0.4) is 0 Å². The molecule has 0 fully saturated rings. The molecule has 0 saturated carbocycles. The van der Waals surface area contributed by atoms with Crippen molar-refractivity contribution < 1.29 is 15.0 Å². The molecule has 2 aromatic rings. The summed E-state index contributed by atoms with van der Waals surface area (Å²) in [5.74, 6) is -1.19. The molecule has 0 aliphatic rings. The van der Waals surface area contributed by atoms with E-state index in [0.717, 1.165) is 10.8 Å². The van der Waals surface area contributed by atoms with Crippen molar-refractivity contribution in [2.75, 3.05) is 0 Å². The van der Waals surface area contributed by atoms with Gasteiger partial charge in [-0.2, -0.15) is 0 Å². The Balaban J connectivity index is 2.43. The normalized spacial score (nSPS) is 12.3. The number of carboxylic acids is 1. The van der Waals surface area contributed by atoms with Gasteiger partial charge in [-0.05, 0) is 22.4 Å². The summed E-state index contributed by atoms with van der Waals surface area (Å²) in [7, 11) is 0. The van der Waals surface area contributed by atoms with Gasteiger partial charge in [0.15, 0.2) is 0 Å². The van der Waals surface area contributed by atoms with E-state index in [2.05, 4.69) is 6.58 Å². The molecule has 2 rings (SSSR count). The molecule has 3 nitrogen and oxygen atoms in total. The van der Waals surface area contributed by atoms with Crippen LogP contribution in [0.15, 0.2) is 54.6 Å². The number of aliphatic hydroxyl groups excluding tert-OH is 1. The Bertz CT molecular complexity index is 587. The number of carboxylic acid groups (broad SMARTS) is 1. The molecule has 3 heteroatoms. The number of carbonyl (C=O) groups is 1. The molecule has 0 spiro atoms. The summed E-state index contributed by atoms with van der Waals surface area (Å²) in [4.78, 5) is 10.7. The highest BCUT2D eigenvalue weighted by Gasteiger charge is 2.17. The maximum absolute atomic E-state index is 10.7. The number of benzene rings is 2. The Kier molecular flexibility index (Phi) is 2.93. The van der Waals surface area contributed by atoms with E-state index >= 15 is 0 Å². The summed E-state index contributed by atoms with van der Waals surface area (Å²) >= 11 is 0. The molecule has 0 aliphatic carbocycles. The van der Waals surface area contributed by atoms with Crippen molar-refractivity contribution in [1.29, 1.82) is 0 Å². The zero-order valence-electron chi connectivity index (χ0n) is 9.13. The van der Waals surface area contributed by atoms with Gasteiger partial charge in [0.1, 0.15) is 6.10 Å². The molecule has 1 atom stereocenters. The van der Waals surface area contributed by atoms with Crippen molar-refractivity contribution in [1.82, 2.24) is 0 Å². The van der Waals surface area contributed by atoms with Crippen molar-refractivity contribution >= 4 is 16.7 Å². The van der Waals surface area contributed by atoms with Crippen LogP contribution >= 0.6 is 0 Å². The number of hydrogen-bond acceptors (Lipinski definition) is 2. The van der Waals surface area contributed by atoms with Crippen molar-refractivity contribution in [2.45, 2.75) is 6.10 Å². The summed E-state index contributed by atoms with van der Waals surface area (Å²) in [6.45, 7) is 3.36. The van der Waals surface area contributed by atoms with E-state index < -0.39 is 12.1 Å². The molecule has 2 N–H and O–H groups in total. The molecule has 0 bridgehead atoms. The summed E-state index contributed by atoms with van der Waals surface area (Å²) in [5, 5.41) is 20.6. The number of aliphatic hydroxyl groups is 1. The molecule has 2 aromatic carbocycles. The predicted octanol–water partition coefficient (Wildman–Crippen LogP) is 2.51. The lowest BCUT2D eigenvalue weighted by Gasteiger charge is -2.11. The van der Waals surface area contributed by atoms with Crippen LogP contribution in [0.2, 0.25) is 0 Å². The number of fused-ring (bicyclic) bond motifs is 1. The Labute approximate surface area is 98.6 Å². The van der Waals surface area contributed by atoms with Crippen LogP contribution in [-0.4, -0.2) is 16.2 Å². The highest BCUT2D eigenvalue weighted by atomic mass is 16.4. The minimum absolute atomic E-state index is 0.222.